The molecule has 0 aliphatic carbocycles. The fourth-order valence-corrected chi connectivity index (χ4v) is 3.81. The number of carbonyl (C=O) groups is 1. The zero-order valence-corrected chi connectivity index (χ0v) is 17.3. The first-order valence-electron chi connectivity index (χ1n) is 10.0. The average molecular weight is 409 g/mol. The molecule has 1 saturated heterocycles. The van der Waals surface area contributed by atoms with Gasteiger partial charge in [-0.2, -0.15) is 0 Å². The summed E-state index contributed by atoms with van der Waals surface area (Å²) in [5.74, 6) is -0.134. The maximum absolute atomic E-state index is 12.6. The van der Waals surface area contributed by atoms with Crippen LogP contribution in [0.25, 0.3) is 10.9 Å². The molecule has 0 unspecified atom stereocenters. The molecule has 1 aliphatic heterocycles. The Kier molecular flexibility index (Phi) is 6.09. The molecule has 2 aromatic carbocycles. The summed E-state index contributed by atoms with van der Waals surface area (Å²) in [4.78, 5) is 21.8. The average Bonchev–Trinajstić information content (AvgIpc) is 2.75. The predicted octanol–water partition coefficient (Wildman–Crippen LogP) is 4.28. The molecule has 0 radical (unpaired) electrons. The lowest BCUT2D eigenvalue weighted by Crippen LogP contribution is -2.45. The highest BCUT2D eigenvalue weighted by Crippen LogP contribution is 2.19. The first kappa shape index (κ1) is 19.8. The van der Waals surface area contributed by atoms with Gasteiger partial charge in [-0.1, -0.05) is 30.7 Å². The third kappa shape index (κ3) is 4.93. The highest BCUT2D eigenvalue weighted by Gasteiger charge is 2.15. The predicted molar refractivity (Wildman–Crippen MR) is 119 cm³/mol. The van der Waals surface area contributed by atoms with E-state index in [4.69, 9.17) is 11.6 Å². The van der Waals surface area contributed by atoms with E-state index in [9.17, 15) is 4.79 Å². The summed E-state index contributed by atoms with van der Waals surface area (Å²) < 4.78 is 0. The van der Waals surface area contributed by atoms with E-state index in [2.05, 4.69) is 39.2 Å². The number of likely N-dealkylation sites (N-methyl/N-ethyl adjacent to an activating group) is 1. The number of piperazine rings is 1. The third-order valence-corrected chi connectivity index (χ3v) is 5.66. The van der Waals surface area contributed by atoms with E-state index in [1.807, 2.05) is 30.3 Å². The summed E-state index contributed by atoms with van der Waals surface area (Å²) in [6.07, 6.45) is 0. The number of hydrogen-bond acceptors (Lipinski definition) is 4. The van der Waals surface area contributed by atoms with Gasteiger partial charge in [0.15, 0.2) is 0 Å². The number of hydrogen-bond donors (Lipinski definition) is 1. The maximum atomic E-state index is 12.6. The molecular weight excluding hydrogens is 384 g/mol. The second-order valence-electron chi connectivity index (χ2n) is 7.40. The van der Waals surface area contributed by atoms with Crippen LogP contribution in [-0.2, 0) is 6.54 Å². The summed E-state index contributed by atoms with van der Waals surface area (Å²) in [7, 11) is 0. The smallest absolute Gasteiger partial charge is 0.255 e. The van der Waals surface area contributed by atoms with Crippen molar-refractivity contribution in [3.63, 3.8) is 0 Å². The Bertz CT molecular complexity index is 997. The number of halogens is 1. The van der Waals surface area contributed by atoms with Crippen molar-refractivity contribution in [2.45, 2.75) is 13.5 Å². The van der Waals surface area contributed by atoms with Crippen LogP contribution in [-0.4, -0.2) is 53.4 Å². The molecule has 1 N–H and O–H groups in total. The summed E-state index contributed by atoms with van der Waals surface area (Å²) in [5, 5.41) is 4.31. The molecule has 1 aliphatic rings. The zero-order valence-electron chi connectivity index (χ0n) is 16.6. The van der Waals surface area contributed by atoms with Crippen molar-refractivity contribution in [2.24, 2.45) is 0 Å². The lowest BCUT2D eigenvalue weighted by Gasteiger charge is -2.34. The summed E-state index contributed by atoms with van der Waals surface area (Å²) in [5.41, 5.74) is 3.43. The van der Waals surface area contributed by atoms with Crippen LogP contribution in [0.4, 0.5) is 5.69 Å². The minimum Gasteiger partial charge on any atom is -0.322 e. The topological polar surface area (TPSA) is 48.5 Å². The maximum Gasteiger partial charge on any atom is 0.255 e. The molecular formula is C23H25ClN4O. The quantitative estimate of drug-likeness (QED) is 0.640. The fraction of sp³-hybridized carbons (Fsp3) is 0.304. The molecule has 0 bridgehead atoms. The number of aromatic nitrogens is 1. The van der Waals surface area contributed by atoms with Crippen molar-refractivity contribution in [3.8, 4) is 0 Å². The molecule has 29 heavy (non-hydrogen) atoms. The van der Waals surface area contributed by atoms with E-state index >= 15 is 0 Å². The molecule has 5 nitrogen and oxygen atoms in total. The van der Waals surface area contributed by atoms with Crippen molar-refractivity contribution in [1.29, 1.82) is 0 Å². The molecule has 3 aromatic rings. The molecule has 0 saturated carbocycles. The van der Waals surface area contributed by atoms with Gasteiger partial charge in [0.25, 0.3) is 5.91 Å². The second-order valence-corrected chi connectivity index (χ2v) is 7.79. The van der Waals surface area contributed by atoms with Gasteiger partial charge in [-0.05, 0) is 54.6 Å². The van der Waals surface area contributed by atoms with Crippen LogP contribution in [0.2, 0.25) is 5.15 Å². The van der Waals surface area contributed by atoms with Crippen LogP contribution in [0, 0.1) is 0 Å². The van der Waals surface area contributed by atoms with Crippen LogP contribution >= 0.6 is 11.6 Å². The lowest BCUT2D eigenvalue weighted by molar-refractivity contribution is 0.102. The van der Waals surface area contributed by atoms with Crippen molar-refractivity contribution >= 4 is 34.1 Å². The zero-order chi connectivity index (χ0) is 20.2. The van der Waals surface area contributed by atoms with E-state index in [1.54, 1.807) is 12.1 Å². The van der Waals surface area contributed by atoms with E-state index in [1.165, 1.54) is 5.56 Å². The number of anilines is 1. The van der Waals surface area contributed by atoms with Gasteiger partial charge in [0.05, 0.1) is 5.52 Å². The Morgan fingerprint density at radius 2 is 1.72 bits per heavy atom. The molecule has 1 amide bonds. The standard InChI is InChI=1S/C23H25ClN4O/c1-2-27-11-13-28(14-12-27)16-17-3-7-20(8-4-17)25-23(29)19-5-9-21-18(15-19)6-10-22(24)26-21/h3-10,15H,2,11-14,16H2,1H3,(H,25,29). The van der Waals surface area contributed by atoms with E-state index in [0.717, 1.165) is 55.9 Å². The summed E-state index contributed by atoms with van der Waals surface area (Å²) in [6.45, 7) is 8.78. The van der Waals surface area contributed by atoms with Gasteiger partial charge < -0.3 is 10.2 Å². The Morgan fingerprint density at radius 1 is 1.00 bits per heavy atom. The van der Waals surface area contributed by atoms with Gasteiger partial charge in [-0.3, -0.25) is 9.69 Å². The lowest BCUT2D eigenvalue weighted by atomic mass is 10.1. The third-order valence-electron chi connectivity index (χ3n) is 5.45. The molecule has 0 spiro atoms. The molecule has 150 valence electrons. The number of fused-ring (bicyclic) bond motifs is 1. The molecule has 2 heterocycles. The van der Waals surface area contributed by atoms with Crippen LogP contribution in [0.1, 0.15) is 22.8 Å². The second kappa shape index (κ2) is 8.91. The van der Waals surface area contributed by atoms with Gasteiger partial charge in [0.2, 0.25) is 0 Å². The number of pyridine rings is 1. The van der Waals surface area contributed by atoms with Gasteiger partial charge in [-0.15, -0.1) is 0 Å². The number of amides is 1. The van der Waals surface area contributed by atoms with Crippen LogP contribution < -0.4 is 5.32 Å². The molecule has 6 heteroatoms. The number of carbonyl (C=O) groups excluding carboxylic acids is 1. The fourth-order valence-electron chi connectivity index (χ4n) is 3.66. The van der Waals surface area contributed by atoms with Gasteiger partial charge >= 0.3 is 0 Å². The number of nitrogens with zero attached hydrogens (tertiary/aromatic N) is 3. The Hall–Kier alpha value is -2.47. The monoisotopic (exact) mass is 408 g/mol. The number of benzene rings is 2. The van der Waals surface area contributed by atoms with Crippen LogP contribution in [0.15, 0.2) is 54.6 Å². The first-order chi connectivity index (χ1) is 14.1. The van der Waals surface area contributed by atoms with Crippen molar-refractivity contribution < 1.29 is 4.79 Å². The minimum absolute atomic E-state index is 0.134. The number of rotatable bonds is 5. The van der Waals surface area contributed by atoms with Crippen molar-refractivity contribution in [2.75, 3.05) is 38.0 Å². The summed E-state index contributed by atoms with van der Waals surface area (Å²) in [6, 6.07) is 17.1. The van der Waals surface area contributed by atoms with Crippen LogP contribution in [0.3, 0.4) is 0 Å². The van der Waals surface area contributed by atoms with Gasteiger partial charge in [0.1, 0.15) is 5.15 Å². The van der Waals surface area contributed by atoms with E-state index < -0.39 is 0 Å². The number of nitrogens with one attached hydrogen (secondary N) is 1. The molecule has 4 rings (SSSR count). The van der Waals surface area contributed by atoms with Gasteiger partial charge in [-0.25, -0.2) is 4.98 Å². The highest BCUT2D eigenvalue weighted by atomic mass is 35.5. The molecule has 0 atom stereocenters. The molecule has 1 fully saturated rings. The van der Waals surface area contributed by atoms with Gasteiger partial charge in [0, 0.05) is 49.4 Å². The largest absolute Gasteiger partial charge is 0.322 e. The first-order valence-corrected chi connectivity index (χ1v) is 10.4. The highest BCUT2D eigenvalue weighted by molar-refractivity contribution is 6.29. The Morgan fingerprint density at radius 3 is 2.45 bits per heavy atom. The Balaban J connectivity index is 1.37. The molecule has 1 aromatic heterocycles. The Labute approximate surface area is 176 Å². The van der Waals surface area contributed by atoms with E-state index in [0.29, 0.717) is 10.7 Å². The normalized spacial score (nSPS) is 15.5. The van der Waals surface area contributed by atoms with Crippen molar-refractivity contribution in [3.05, 3.63) is 70.9 Å². The van der Waals surface area contributed by atoms with E-state index in [-0.39, 0.29) is 5.91 Å². The SMILES string of the molecule is CCN1CCN(Cc2ccc(NC(=O)c3ccc4nc(Cl)ccc4c3)cc2)CC1. The summed E-state index contributed by atoms with van der Waals surface area (Å²) >= 11 is 5.92. The van der Waals surface area contributed by atoms with Crippen LogP contribution in [0.5, 0.6) is 0 Å². The van der Waals surface area contributed by atoms with Crippen molar-refractivity contribution in [1.82, 2.24) is 14.8 Å². The minimum atomic E-state index is -0.134.